The van der Waals surface area contributed by atoms with Gasteiger partial charge in [0.2, 0.25) is 0 Å². The van der Waals surface area contributed by atoms with E-state index in [2.05, 4.69) is 11.1 Å². The molecule has 1 aromatic carbocycles. The zero-order valence-electron chi connectivity index (χ0n) is 8.77. The van der Waals surface area contributed by atoms with Crippen molar-refractivity contribution < 1.29 is 4.73 Å². The van der Waals surface area contributed by atoms with Crippen LogP contribution in [0.25, 0.3) is 11.3 Å². The van der Waals surface area contributed by atoms with Crippen molar-refractivity contribution in [3.8, 4) is 11.3 Å². The minimum atomic E-state index is 0.636. The zero-order valence-corrected chi connectivity index (χ0v) is 8.77. The molecule has 0 spiro atoms. The van der Waals surface area contributed by atoms with Crippen molar-refractivity contribution >= 4 is 0 Å². The number of aryl methyl sites for hydroxylation is 2. The molecule has 0 saturated carbocycles. The van der Waals surface area contributed by atoms with Gasteiger partial charge in [-0.3, -0.25) is 0 Å². The summed E-state index contributed by atoms with van der Waals surface area (Å²) in [6.45, 7) is 4.04. The molecule has 2 rings (SSSR count). The van der Waals surface area contributed by atoms with E-state index in [4.69, 9.17) is 0 Å². The number of hydrogen-bond acceptors (Lipinski definition) is 2. The summed E-state index contributed by atoms with van der Waals surface area (Å²) in [5.41, 5.74) is 3.88. The van der Waals surface area contributed by atoms with Crippen molar-refractivity contribution in [3.05, 3.63) is 53.1 Å². The second-order valence-corrected chi connectivity index (χ2v) is 3.67. The van der Waals surface area contributed by atoms with Crippen LogP contribution in [0.3, 0.4) is 0 Å². The Hall–Kier alpha value is -1.90. The molecule has 0 atom stereocenters. The van der Waals surface area contributed by atoms with Crippen LogP contribution in [-0.4, -0.2) is 4.98 Å². The van der Waals surface area contributed by atoms with Crippen molar-refractivity contribution in [1.82, 2.24) is 4.98 Å². The van der Waals surface area contributed by atoms with Gasteiger partial charge in [0.25, 0.3) is 6.33 Å². The summed E-state index contributed by atoms with van der Waals surface area (Å²) in [5, 5.41) is 11.5. The molecule has 0 aliphatic rings. The van der Waals surface area contributed by atoms with Gasteiger partial charge in [0.1, 0.15) is 11.9 Å². The molecule has 0 saturated heterocycles. The van der Waals surface area contributed by atoms with Crippen LogP contribution in [0.4, 0.5) is 0 Å². The first-order valence-electron chi connectivity index (χ1n) is 4.78. The van der Waals surface area contributed by atoms with Gasteiger partial charge in [0, 0.05) is 11.6 Å². The number of aromatic nitrogens is 2. The highest BCUT2D eigenvalue weighted by Gasteiger charge is 2.05. The van der Waals surface area contributed by atoms with Gasteiger partial charge in [-0.05, 0) is 26.0 Å². The van der Waals surface area contributed by atoms with Gasteiger partial charge in [0.05, 0.1) is 0 Å². The monoisotopic (exact) mass is 200 g/mol. The van der Waals surface area contributed by atoms with Crippen molar-refractivity contribution in [2.24, 2.45) is 0 Å². The second-order valence-electron chi connectivity index (χ2n) is 3.67. The molecule has 15 heavy (non-hydrogen) atoms. The first kappa shape index (κ1) is 9.65. The van der Waals surface area contributed by atoms with Crippen LogP contribution < -0.4 is 4.73 Å². The fraction of sp³-hybridized carbons (Fsp3) is 0.167. The summed E-state index contributed by atoms with van der Waals surface area (Å²) >= 11 is 0. The van der Waals surface area contributed by atoms with E-state index in [1.165, 1.54) is 6.33 Å². The number of benzene rings is 1. The third kappa shape index (κ3) is 1.96. The summed E-state index contributed by atoms with van der Waals surface area (Å²) in [5.74, 6) is 0. The van der Waals surface area contributed by atoms with E-state index in [1.807, 2.05) is 26.0 Å². The van der Waals surface area contributed by atoms with Gasteiger partial charge in [-0.1, -0.05) is 22.2 Å². The van der Waals surface area contributed by atoms with Crippen molar-refractivity contribution in [2.45, 2.75) is 13.8 Å². The fourth-order valence-corrected chi connectivity index (χ4v) is 1.69. The molecule has 0 radical (unpaired) electrons. The predicted molar refractivity (Wildman–Crippen MR) is 58.1 cm³/mol. The van der Waals surface area contributed by atoms with Crippen LogP contribution in [0, 0.1) is 19.1 Å². The Balaban J connectivity index is 2.59. The van der Waals surface area contributed by atoms with Gasteiger partial charge in [0.15, 0.2) is 0 Å². The molecular weight excluding hydrogens is 188 g/mol. The molecule has 3 heteroatoms. The maximum absolute atomic E-state index is 11.5. The molecule has 76 valence electrons. The first-order chi connectivity index (χ1) is 7.16. The summed E-state index contributed by atoms with van der Waals surface area (Å²) in [7, 11) is 0. The molecule has 0 aliphatic carbocycles. The molecule has 3 nitrogen and oxygen atoms in total. The van der Waals surface area contributed by atoms with Crippen molar-refractivity contribution in [3.63, 3.8) is 0 Å². The Morgan fingerprint density at radius 3 is 2.40 bits per heavy atom. The maximum Gasteiger partial charge on any atom is 0.289 e. The SMILES string of the molecule is Cc1cc(C)cc(-c2ccnc[n+]2[O-])c1. The predicted octanol–water partition coefficient (Wildman–Crippen LogP) is 2.00. The third-order valence-electron chi connectivity index (χ3n) is 2.24. The summed E-state index contributed by atoms with van der Waals surface area (Å²) in [6, 6.07) is 7.80. The molecule has 1 aromatic heterocycles. The Morgan fingerprint density at radius 2 is 1.80 bits per heavy atom. The standard InChI is InChI=1S/C12H12N2O/c1-9-5-10(2)7-11(6-9)12-3-4-13-8-14(12)15/h3-8H,1-2H3. The smallest absolute Gasteiger partial charge is 0.289 e. The van der Waals surface area contributed by atoms with Gasteiger partial charge < -0.3 is 5.21 Å². The molecular formula is C12H12N2O. The number of hydrogen-bond donors (Lipinski definition) is 0. The molecule has 0 amide bonds. The van der Waals surface area contributed by atoms with E-state index in [-0.39, 0.29) is 0 Å². The first-order valence-corrected chi connectivity index (χ1v) is 4.78. The average Bonchev–Trinajstić information content (AvgIpc) is 2.16. The highest BCUT2D eigenvalue weighted by molar-refractivity contribution is 5.58. The van der Waals surface area contributed by atoms with Crippen LogP contribution >= 0.6 is 0 Å². The van der Waals surface area contributed by atoms with Gasteiger partial charge in [-0.2, -0.15) is 0 Å². The Labute approximate surface area is 88.6 Å². The fourth-order valence-electron chi connectivity index (χ4n) is 1.69. The Kier molecular flexibility index (Phi) is 2.37. The molecule has 0 unspecified atom stereocenters. The quantitative estimate of drug-likeness (QED) is 0.521. The highest BCUT2D eigenvalue weighted by atomic mass is 16.5. The molecule has 2 aromatic rings. The van der Waals surface area contributed by atoms with Crippen LogP contribution in [0.5, 0.6) is 0 Å². The average molecular weight is 200 g/mol. The summed E-state index contributed by atoms with van der Waals surface area (Å²) < 4.78 is 0.786. The molecule has 0 aliphatic heterocycles. The van der Waals surface area contributed by atoms with E-state index in [1.54, 1.807) is 12.3 Å². The number of nitrogens with zero attached hydrogens (tertiary/aromatic N) is 2. The number of rotatable bonds is 1. The van der Waals surface area contributed by atoms with Crippen LogP contribution in [0.2, 0.25) is 0 Å². The third-order valence-corrected chi connectivity index (χ3v) is 2.24. The van der Waals surface area contributed by atoms with E-state index >= 15 is 0 Å². The molecule has 0 N–H and O–H groups in total. The molecule has 1 heterocycles. The normalized spacial score (nSPS) is 10.3. The Morgan fingerprint density at radius 1 is 1.13 bits per heavy atom. The van der Waals surface area contributed by atoms with E-state index < -0.39 is 0 Å². The largest absolute Gasteiger partial charge is 0.710 e. The van der Waals surface area contributed by atoms with Gasteiger partial charge >= 0.3 is 0 Å². The highest BCUT2D eigenvalue weighted by Crippen LogP contribution is 2.18. The van der Waals surface area contributed by atoms with Crippen LogP contribution in [-0.2, 0) is 0 Å². The zero-order chi connectivity index (χ0) is 10.8. The second kappa shape index (κ2) is 3.69. The lowest BCUT2D eigenvalue weighted by molar-refractivity contribution is -0.597. The van der Waals surface area contributed by atoms with E-state index in [0.29, 0.717) is 5.69 Å². The lowest BCUT2D eigenvalue weighted by atomic mass is 10.1. The lowest BCUT2D eigenvalue weighted by Crippen LogP contribution is -2.28. The van der Waals surface area contributed by atoms with Gasteiger partial charge in [-0.15, -0.1) is 0 Å². The molecule has 0 bridgehead atoms. The van der Waals surface area contributed by atoms with Crippen molar-refractivity contribution in [1.29, 1.82) is 0 Å². The topological polar surface area (TPSA) is 39.8 Å². The summed E-state index contributed by atoms with van der Waals surface area (Å²) in [4.78, 5) is 3.77. The van der Waals surface area contributed by atoms with Crippen LogP contribution in [0.1, 0.15) is 11.1 Å². The minimum Gasteiger partial charge on any atom is -0.710 e. The van der Waals surface area contributed by atoms with Gasteiger partial charge in [-0.25, -0.2) is 4.73 Å². The minimum absolute atomic E-state index is 0.636. The van der Waals surface area contributed by atoms with Crippen LogP contribution in [0.15, 0.2) is 36.8 Å². The Bertz CT molecular complexity index is 474. The molecule has 0 fully saturated rings. The van der Waals surface area contributed by atoms with E-state index in [0.717, 1.165) is 21.4 Å². The lowest BCUT2D eigenvalue weighted by Gasteiger charge is -2.08. The maximum atomic E-state index is 11.5. The van der Waals surface area contributed by atoms with E-state index in [9.17, 15) is 5.21 Å². The van der Waals surface area contributed by atoms with Crippen molar-refractivity contribution in [2.75, 3.05) is 0 Å². The summed E-state index contributed by atoms with van der Waals surface area (Å²) in [6.07, 6.45) is 2.90.